The molecular formula is C15H20N2O4S. The summed E-state index contributed by atoms with van der Waals surface area (Å²) >= 11 is 0. The minimum absolute atomic E-state index is 0.347. The Morgan fingerprint density at radius 3 is 2.86 bits per heavy atom. The van der Waals surface area contributed by atoms with Crippen molar-refractivity contribution in [2.24, 2.45) is 5.92 Å². The highest BCUT2D eigenvalue weighted by Gasteiger charge is 2.32. The van der Waals surface area contributed by atoms with Gasteiger partial charge in [-0.05, 0) is 43.7 Å². The molecule has 1 atom stereocenters. The third kappa shape index (κ3) is 3.25. The van der Waals surface area contributed by atoms with Gasteiger partial charge in [0, 0.05) is 6.54 Å². The number of hydrogen-bond donors (Lipinski definition) is 1. The van der Waals surface area contributed by atoms with Gasteiger partial charge >= 0.3 is 10.2 Å². The van der Waals surface area contributed by atoms with Crippen LogP contribution in [0.1, 0.15) is 25.3 Å². The predicted octanol–water partition coefficient (Wildman–Crippen LogP) is 1.23. The summed E-state index contributed by atoms with van der Waals surface area (Å²) in [5.74, 6) is -0.0950. The van der Waals surface area contributed by atoms with Crippen LogP contribution in [0.5, 0.6) is 0 Å². The zero-order valence-electron chi connectivity index (χ0n) is 12.5. The number of anilines is 1. The van der Waals surface area contributed by atoms with Gasteiger partial charge in [0.05, 0.1) is 12.3 Å². The topological polar surface area (TPSA) is 75.7 Å². The second-order valence-electron chi connectivity index (χ2n) is 5.84. The van der Waals surface area contributed by atoms with Crippen LogP contribution in [0.15, 0.2) is 24.3 Å². The van der Waals surface area contributed by atoms with E-state index in [1.165, 1.54) is 4.31 Å². The smallest absolute Gasteiger partial charge is 0.326 e. The molecule has 120 valence electrons. The van der Waals surface area contributed by atoms with Crippen molar-refractivity contribution in [3.8, 4) is 0 Å². The van der Waals surface area contributed by atoms with Crippen LogP contribution in [0.2, 0.25) is 0 Å². The molecule has 22 heavy (non-hydrogen) atoms. The fourth-order valence-electron chi connectivity index (χ4n) is 2.46. The van der Waals surface area contributed by atoms with Crippen molar-refractivity contribution in [1.29, 1.82) is 0 Å². The van der Waals surface area contributed by atoms with Crippen LogP contribution >= 0.6 is 0 Å². The fourth-order valence-corrected chi connectivity index (χ4v) is 3.76. The Morgan fingerprint density at radius 1 is 1.41 bits per heavy atom. The minimum Gasteiger partial charge on any atom is -0.368 e. The standard InChI is InChI=1S/C15H20N2O4S/c1-11(21-10-12-6-7-12)15(18)16-22(19,20)17-9-8-13-4-2-3-5-14(13)17/h2-5,11-12H,6-10H2,1H3,(H,16,18)/t11-/m0/s1. The van der Waals surface area contributed by atoms with Gasteiger partial charge in [0.15, 0.2) is 0 Å². The summed E-state index contributed by atoms with van der Waals surface area (Å²) in [6.07, 6.45) is 2.13. The number of amides is 1. The maximum atomic E-state index is 12.4. The summed E-state index contributed by atoms with van der Waals surface area (Å²) in [4.78, 5) is 12.0. The van der Waals surface area contributed by atoms with Crippen LogP contribution in [-0.2, 0) is 26.2 Å². The summed E-state index contributed by atoms with van der Waals surface area (Å²) in [5.41, 5.74) is 1.60. The number of nitrogens with one attached hydrogen (secondary N) is 1. The Bertz CT molecular complexity index is 670. The van der Waals surface area contributed by atoms with Gasteiger partial charge in [-0.2, -0.15) is 8.42 Å². The highest BCUT2D eigenvalue weighted by molar-refractivity contribution is 7.91. The van der Waals surface area contributed by atoms with E-state index in [0.29, 0.717) is 31.2 Å². The third-order valence-electron chi connectivity index (χ3n) is 4.01. The molecule has 1 aliphatic heterocycles. The zero-order valence-corrected chi connectivity index (χ0v) is 13.3. The van der Waals surface area contributed by atoms with Gasteiger partial charge < -0.3 is 4.74 Å². The van der Waals surface area contributed by atoms with Crippen LogP contribution in [0.3, 0.4) is 0 Å². The molecule has 1 heterocycles. The Balaban J connectivity index is 1.64. The lowest BCUT2D eigenvalue weighted by Gasteiger charge is -2.21. The molecule has 1 fully saturated rings. The first kappa shape index (κ1) is 15.3. The van der Waals surface area contributed by atoms with Crippen molar-refractivity contribution in [3.63, 3.8) is 0 Å². The molecule has 6 nitrogen and oxygen atoms in total. The van der Waals surface area contributed by atoms with E-state index in [0.717, 1.165) is 18.4 Å². The van der Waals surface area contributed by atoms with E-state index in [-0.39, 0.29) is 0 Å². The molecule has 1 aromatic rings. The summed E-state index contributed by atoms with van der Waals surface area (Å²) in [6, 6.07) is 7.31. The molecule has 0 spiro atoms. The van der Waals surface area contributed by atoms with Crippen molar-refractivity contribution in [3.05, 3.63) is 29.8 Å². The lowest BCUT2D eigenvalue weighted by atomic mass is 10.2. The van der Waals surface area contributed by atoms with Gasteiger partial charge in [-0.25, -0.2) is 4.72 Å². The number of ether oxygens (including phenoxy) is 1. The Hall–Kier alpha value is -1.60. The van der Waals surface area contributed by atoms with Crippen LogP contribution in [0.25, 0.3) is 0 Å². The molecule has 0 bridgehead atoms. The number of fused-ring (bicyclic) bond motifs is 1. The highest BCUT2D eigenvalue weighted by atomic mass is 32.2. The van der Waals surface area contributed by atoms with Crippen molar-refractivity contribution < 1.29 is 17.9 Å². The fraction of sp³-hybridized carbons (Fsp3) is 0.533. The number of carbonyl (C=O) groups excluding carboxylic acids is 1. The summed E-state index contributed by atoms with van der Waals surface area (Å²) < 4.78 is 33.6. The maximum absolute atomic E-state index is 12.4. The second kappa shape index (κ2) is 5.89. The Morgan fingerprint density at radius 2 is 2.14 bits per heavy atom. The number of nitrogens with zero attached hydrogens (tertiary/aromatic N) is 1. The first-order valence-corrected chi connectivity index (χ1v) is 8.95. The average molecular weight is 324 g/mol. The Kier molecular flexibility index (Phi) is 4.10. The second-order valence-corrected chi connectivity index (χ2v) is 7.44. The molecular weight excluding hydrogens is 304 g/mol. The third-order valence-corrected chi connectivity index (χ3v) is 5.43. The molecule has 7 heteroatoms. The van der Waals surface area contributed by atoms with Gasteiger partial charge in [-0.1, -0.05) is 18.2 Å². The van der Waals surface area contributed by atoms with E-state index >= 15 is 0 Å². The van der Waals surface area contributed by atoms with Gasteiger partial charge in [0.1, 0.15) is 6.10 Å². The van der Waals surface area contributed by atoms with Crippen molar-refractivity contribution in [2.45, 2.75) is 32.3 Å². The number of carbonyl (C=O) groups is 1. The van der Waals surface area contributed by atoms with E-state index in [1.807, 2.05) is 12.1 Å². The van der Waals surface area contributed by atoms with Gasteiger partial charge in [-0.15, -0.1) is 0 Å². The molecule has 1 amide bonds. The van der Waals surface area contributed by atoms with E-state index in [9.17, 15) is 13.2 Å². The highest BCUT2D eigenvalue weighted by Crippen LogP contribution is 2.30. The molecule has 0 radical (unpaired) electrons. The molecule has 1 aliphatic carbocycles. The van der Waals surface area contributed by atoms with Gasteiger partial charge in [0.25, 0.3) is 5.91 Å². The van der Waals surface area contributed by atoms with E-state index in [1.54, 1.807) is 19.1 Å². The molecule has 0 aromatic heterocycles. The van der Waals surface area contributed by atoms with Crippen molar-refractivity contribution in [2.75, 3.05) is 17.5 Å². The van der Waals surface area contributed by atoms with Gasteiger partial charge in [0.2, 0.25) is 0 Å². The predicted molar refractivity (Wildman–Crippen MR) is 82.7 cm³/mol. The Labute approximate surface area is 130 Å². The first-order valence-electron chi connectivity index (χ1n) is 7.51. The summed E-state index contributed by atoms with van der Waals surface area (Å²) in [7, 11) is -3.89. The molecule has 1 aromatic carbocycles. The average Bonchev–Trinajstić information content (AvgIpc) is 3.20. The van der Waals surface area contributed by atoms with Gasteiger partial charge in [-0.3, -0.25) is 9.10 Å². The zero-order chi connectivity index (χ0) is 15.7. The van der Waals surface area contributed by atoms with E-state index < -0.39 is 22.2 Å². The SMILES string of the molecule is C[C@H](OCC1CC1)C(=O)NS(=O)(=O)N1CCc2ccccc21. The molecule has 0 unspecified atom stereocenters. The monoisotopic (exact) mass is 324 g/mol. The minimum atomic E-state index is -3.89. The molecule has 2 aliphatic rings. The summed E-state index contributed by atoms with van der Waals surface area (Å²) in [5, 5.41) is 0. The first-order chi connectivity index (χ1) is 10.5. The number of rotatable bonds is 6. The van der Waals surface area contributed by atoms with E-state index in [4.69, 9.17) is 4.74 Å². The van der Waals surface area contributed by atoms with Crippen molar-refractivity contribution >= 4 is 21.8 Å². The number of para-hydroxylation sites is 1. The largest absolute Gasteiger partial charge is 0.368 e. The maximum Gasteiger partial charge on any atom is 0.326 e. The quantitative estimate of drug-likeness (QED) is 0.854. The molecule has 1 N–H and O–H groups in total. The molecule has 3 rings (SSSR count). The number of benzene rings is 1. The normalized spacial score (nSPS) is 18.9. The van der Waals surface area contributed by atoms with Crippen LogP contribution < -0.4 is 9.03 Å². The molecule has 0 saturated heterocycles. The molecule has 1 saturated carbocycles. The van der Waals surface area contributed by atoms with Crippen molar-refractivity contribution in [1.82, 2.24) is 4.72 Å². The van der Waals surface area contributed by atoms with Crippen LogP contribution in [-0.4, -0.2) is 33.6 Å². The van der Waals surface area contributed by atoms with Crippen LogP contribution in [0, 0.1) is 5.92 Å². The van der Waals surface area contributed by atoms with Crippen LogP contribution in [0.4, 0.5) is 5.69 Å². The lowest BCUT2D eigenvalue weighted by Crippen LogP contribution is -2.46. The lowest BCUT2D eigenvalue weighted by molar-refractivity contribution is -0.130. The van der Waals surface area contributed by atoms with E-state index in [2.05, 4.69) is 4.72 Å². The summed E-state index contributed by atoms with van der Waals surface area (Å²) in [6.45, 7) is 2.44. The number of hydrogen-bond acceptors (Lipinski definition) is 4.